The van der Waals surface area contributed by atoms with Crippen LogP contribution in [0, 0.1) is 6.92 Å². The fraction of sp³-hybridized carbons (Fsp3) is 0.444. The van der Waals surface area contributed by atoms with Gasteiger partial charge in [0.2, 0.25) is 5.91 Å². The number of amides is 1. The van der Waals surface area contributed by atoms with Crippen LogP contribution in [-0.4, -0.2) is 39.5 Å². The van der Waals surface area contributed by atoms with E-state index in [0.717, 1.165) is 5.69 Å². The zero-order valence-electron chi connectivity index (χ0n) is 9.17. The number of nitrogens with zero attached hydrogens (tertiary/aromatic N) is 1. The topological polar surface area (TPSA) is 105 Å². The van der Waals surface area contributed by atoms with E-state index >= 15 is 0 Å². The van der Waals surface area contributed by atoms with E-state index in [0.29, 0.717) is 5.13 Å². The molecule has 0 aliphatic rings. The van der Waals surface area contributed by atoms with E-state index in [1.54, 1.807) is 0 Å². The highest BCUT2D eigenvalue weighted by Gasteiger charge is 2.12. The van der Waals surface area contributed by atoms with Crippen LogP contribution in [0.2, 0.25) is 0 Å². The molecule has 0 saturated carbocycles. The number of anilines is 1. The van der Waals surface area contributed by atoms with Gasteiger partial charge in [-0.3, -0.25) is 9.59 Å². The Bertz CT molecular complexity index is 408. The van der Waals surface area contributed by atoms with Crippen molar-refractivity contribution >= 4 is 40.1 Å². The lowest BCUT2D eigenvalue weighted by molar-refractivity contribution is -0.137. The van der Waals surface area contributed by atoms with Gasteiger partial charge in [0.05, 0.1) is 11.4 Å². The summed E-state index contributed by atoms with van der Waals surface area (Å²) in [6, 6.07) is -0.935. The number of aliphatic carboxylic acids is 1. The summed E-state index contributed by atoms with van der Waals surface area (Å²) in [4.78, 5) is 25.9. The van der Waals surface area contributed by atoms with Crippen molar-refractivity contribution in [2.75, 3.05) is 16.8 Å². The molecule has 0 saturated heterocycles. The maximum absolute atomic E-state index is 11.4. The van der Waals surface area contributed by atoms with Crippen LogP contribution < -0.4 is 11.1 Å². The van der Waals surface area contributed by atoms with E-state index in [-0.39, 0.29) is 17.4 Å². The number of thioether (sulfide) groups is 1. The number of nitrogens with two attached hydrogens (primary N) is 1. The molecule has 1 aromatic rings. The van der Waals surface area contributed by atoms with Crippen molar-refractivity contribution in [2.24, 2.45) is 5.73 Å². The minimum absolute atomic E-state index is 0.166. The Morgan fingerprint density at radius 1 is 1.71 bits per heavy atom. The van der Waals surface area contributed by atoms with Gasteiger partial charge in [-0.1, -0.05) is 0 Å². The van der Waals surface area contributed by atoms with E-state index < -0.39 is 12.0 Å². The van der Waals surface area contributed by atoms with E-state index in [1.165, 1.54) is 23.1 Å². The molecule has 94 valence electrons. The van der Waals surface area contributed by atoms with Crippen LogP contribution in [0.1, 0.15) is 5.69 Å². The summed E-state index contributed by atoms with van der Waals surface area (Å²) in [5, 5.41) is 13.6. The third-order valence-electron chi connectivity index (χ3n) is 1.71. The molecule has 1 amide bonds. The fourth-order valence-electron chi connectivity index (χ4n) is 0.917. The monoisotopic (exact) mass is 275 g/mol. The van der Waals surface area contributed by atoms with Crippen LogP contribution in [0.5, 0.6) is 0 Å². The van der Waals surface area contributed by atoms with E-state index in [4.69, 9.17) is 10.8 Å². The van der Waals surface area contributed by atoms with Gasteiger partial charge in [-0.2, -0.15) is 0 Å². The predicted octanol–water partition coefficient (Wildman–Crippen LogP) is 0.535. The number of carbonyl (C=O) groups is 2. The summed E-state index contributed by atoms with van der Waals surface area (Å²) >= 11 is 2.53. The Labute approximate surface area is 107 Å². The van der Waals surface area contributed by atoms with Crippen LogP contribution in [-0.2, 0) is 9.59 Å². The molecule has 4 N–H and O–H groups in total. The summed E-state index contributed by atoms with van der Waals surface area (Å²) in [5.74, 6) is -0.894. The average molecular weight is 275 g/mol. The maximum Gasteiger partial charge on any atom is 0.321 e. The van der Waals surface area contributed by atoms with Crippen molar-refractivity contribution in [1.82, 2.24) is 4.98 Å². The highest BCUT2D eigenvalue weighted by atomic mass is 32.2. The SMILES string of the molecule is Cc1csc(NC(=O)CSC[C@H](N)C(=O)O)n1. The van der Waals surface area contributed by atoms with Gasteiger partial charge in [0, 0.05) is 11.1 Å². The predicted molar refractivity (Wildman–Crippen MR) is 68.4 cm³/mol. The van der Waals surface area contributed by atoms with E-state index in [2.05, 4.69) is 10.3 Å². The number of carboxylic acids is 1. The molecule has 0 aliphatic carbocycles. The van der Waals surface area contributed by atoms with Crippen LogP contribution >= 0.6 is 23.1 Å². The van der Waals surface area contributed by atoms with Crippen molar-refractivity contribution in [1.29, 1.82) is 0 Å². The lowest BCUT2D eigenvalue weighted by Crippen LogP contribution is -2.33. The van der Waals surface area contributed by atoms with Gasteiger partial charge in [-0.25, -0.2) is 4.98 Å². The normalized spacial score (nSPS) is 12.1. The Balaban J connectivity index is 2.24. The number of aryl methyl sites for hydroxylation is 1. The van der Waals surface area contributed by atoms with Crippen molar-refractivity contribution in [3.8, 4) is 0 Å². The zero-order chi connectivity index (χ0) is 12.8. The maximum atomic E-state index is 11.4. The van der Waals surface area contributed by atoms with Gasteiger partial charge in [-0.15, -0.1) is 23.1 Å². The molecule has 0 aromatic carbocycles. The number of rotatable bonds is 6. The first-order valence-electron chi connectivity index (χ1n) is 4.77. The zero-order valence-corrected chi connectivity index (χ0v) is 10.8. The van der Waals surface area contributed by atoms with Crippen molar-refractivity contribution in [2.45, 2.75) is 13.0 Å². The summed E-state index contributed by atoms with van der Waals surface area (Å²) in [7, 11) is 0. The first-order valence-corrected chi connectivity index (χ1v) is 6.80. The Morgan fingerprint density at radius 2 is 2.41 bits per heavy atom. The Hall–Kier alpha value is -1.12. The largest absolute Gasteiger partial charge is 0.480 e. The molecule has 0 bridgehead atoms. The molecule has 1 rings (SSSR count). The molecular weight excluding hydrogens is 262 g/mol. The van der Waals surface area contributed by atoms with E-state index in [1.807, 2.05) is 12.3 Å². The lowest BCUT2D eigenvalue weighted by atomic mass is 10.4. The Morgan fingerprint density at radius 3 is 2.94 bits per heavy atom. The Kier molecular flexibility index (Phi) is 5.39. The molecular formula is C9H13N3O3S2. The molecule has 8 heteroatoms. The average Bonchev–Trinajstić information content (AvgIpc) is 2.63. The minimum atomic E-state index is -1.06. The molecule has 0 unspecified atom stereocenters. The van der Waals surface area contributed by atoms with Crippen molar-refractivity contribution in [3.63, 3.8) is 0 Å². The number of thiazole rings is 1. The number of hydrogen-bond donors (Lipinski definition) is 3. The van der Waals surface area contributed by atoms with Gasteiger partial charge < -0.3 is 16.2 Å². The number of nitrogens with one attached hydrogen (secondary N) is 1. The first-order chi connectivity index (χ1) is 7.99. The second-order valence-electron chi connectivity index (χ2n) is 3.30. The fourth-order valence-corrected chi connectivity index (χ4v) is 2.39. The molecule has 0 radical (unpaired) electrons. The highest BCUT2D eigenvalue weighted by molar-refractivity contribution is 8.00. The van der Waals surface area contributed by atoms with Gasteiger partial charge in [0.15, 0.2) is 5.13 Å². The molecule has 0 aliphatic heterocycles. The third-order valence-corrected chi connectivity index (χ3v) is 3.65. The van der Waals surface area contributed by atoms with Crippen LogP contribution in [0.25, 0.3) is 0 Å². The first kappa shape index (κ1) is 13.9. The number of carboxylic acid groups (broad SMARTS) is 1. The van der Waals surface area contributed by atoms with Crippen LogP contribution in [0.3, 0.4) is 0 Å². The molecule has 1 heterocycles. The van der Waals surface area contributed by atoms with Crippen LogP contribution in [0.15, 0.2) is 5.38 Å². The number of hydrogen-bond acceptors (Lipinski definition) is 6. The van der Waals surface area contributed by atoms with Gasteiger partial charge in [-0.05, 0) is 6.92 Å². The third kappa shape index (κ3) is 5.16. The standard InChI is InChI=1S/C9H13N3O3S2/c1-5-2-17-9(11-5)12-7(13)4-16-3-6(10)8(14)15/h2,6H,3-4,10H2,1H3,(H,14,15)(H,11,12,13)/t6-/m0/s1. The number of aromatic nitrogens is 1. The summed E-state index contributed by atoms with van der Waals surface area (Å²) in [6.45, 7) is 1.84. The van der Waals surface area contributed by atoms with Gasteiger partial charge in [0.25, 0.3) is 0 Å². The second-order valence-corrected chi connectivity index (χ2v) is 5.19. The summed E-state index contributed by atoms with van der Waals surface area (Å²) in [6.07, 6.45) is 0. The van der Waals surface area contributed by atoms with Crippen LogP contribution in [0.4, 0.5) is 5.13 Å². The number of carbonyl (C=O) groups excluding carboxylic acids is 1. The molecule has 1 aromatic heterocycles. The van der Waals surface area contributed by atoms with Crippen molar-refractivity contribution in [3.05, 3.63) is 11.1 Å². The second kappa shape index (κ2) is 6.58. The van der Waals surface area contributed by atoms with Gasteiger partial charge >= 0.3 is 5.97 Å². The quantitative estimate of drug-likeness (QED) is 0.699. The molecule has 0 spiro atoms. The van der Waals surface area contributed by atoms with Crippen molar-refractivity contribution < 1.29 is 14.7 Å². The summed E-state index contributed by atoms with van der Waals surface area (Å²) < 4.78 is 0. The molecule has 1 atom stereocenters. The smallest absolute Gasteiger partial charge is 0.321 e. The van der Waals surface area contributed by atoms with E-state index in [9.17, 15) is 9.59 Å². The highest BCUT2D eigenvalue weighted by Crippen LogP contribution is 2.14. The summed E-state index contributed by atoms with van der Waals surface area (Å²) in [5.41, 5.74) is 6.15. The molecule has 6 nitrogen and oxygen atoms in total. The molecule has 17 heavy (non-hydrogen) atoms. The molecule has 0 fully saturated rings. The minimum Gasteiger partial charge on any atom is -0.480 e. The lowest BCUT2D eigenvalue weighted by Gasteiger charge is -2.05. The van der Waals surface area contributed by atoms with Gasteiger partial charge in [0.1, 0.15) is 6.04 Å².